The topological polar surface area (TPSA) is 93.5 Å². The first-order chi connectivity index (χ1) is 11.2. The van der Waals surface area contributed by atoms with Crippen LogP contribution in [0.5, 0.6) is 5.75 Å². The van der Waals surface area contributed by atoms with Crippen LogP contribution in [-0.2, 0) is 16.9 Å². The third kappa shape index (κ3) is 2.50. The van der Waals surface area contributed by atoms with Crippen LogP contribution in [0.15, 0.2) is 29.4 Å². The number of methoxy groups -OCH3 is 1. The van der Waals surface area contributed by atoms with E-state index in [1.807, 2.05) is 0 Å². The molecule has 3 rings (SSSR count). The van der Waals surface area contributed by atoms with Gasteiger partial charge >= 0.3 is 0 Å². The van der Waals surface area contributed by atoms with Gasteiger partial charge in [0.15, 0.2) is 14.9 Å². The lowest BCUT2D eigenvalue weighted by atomic mass is 10.1. The number of fused-ring (bicyclic) bond motifs is 1. The van der Waals surface area contributed by atoms with Crippen LogP contribution in [0.4, 0.5) is 5.69 Å². The summed E-state index contributed by atoms with van der Waals surface area (Å²) in [6.07, 6.45) is 1.96. The van der Waals surface area contributed by atoms with Crippen molar-refractivity contribution in [1.29, 1.82) is 0 Å². The number of hydrogen-bond donors (Lipinski definition) is 1. The smallest absolute Gasteiger partial charge is 0.257 e. The number of nitrogens with one attached hydrogen (secondary N) is 1. The van der Waals surface area contributed by atoms with E-state index in [1.165, 1.54) is 22.9 Å². The minimum atomic E-state index is -3.50. The van der Waals surface area contributed by atoms with Crippen LogP contribution in [0.3, 0.4) is 0 Å². The van der Waals surface area contributed by atoms with Gasteiger partial charge in [0.25, 0.3) is 5.91 Å². The fourth-order valence-corrected chi connectivity index (χ4v) is 4.00. The minimum Gasteiger partial charge on any atom is -0.497 e. The Morgan fingerprint density at radius 1 is 1.29 bits per heavy atom. The van der Waals surface area contributed by atoms with Gasteiger partial charge in [-0.25, -0.2) is 8.42 Å². The van der Waals surface area contributed by atoms with Gasteiger partial charge in [0.05, 0.1) is 24.4 Å². The minimum absolute atomic E-state index is 0.0802. The molecule has 1 aliphatic rings. The third-order valence-electron chi connectivity index (χ3n) is 4.01. The summed E-state index contributed by atoms with van der Waals surface area (Å²) in [7, 11) is 1.21. The van der Waals surface area contributed by atoms with E-state index in [9.17, 15) is 13.2 Å². The molecule has 0 aliphatic carbocycles. The molecule has 1 aliphatic heterocycles. The summed E-state index contributed by atoms with van der Waals surface area (Å²) in [4.78, 5) is 14.1. The number of sulfone groups is 1. The second kappa shape index (κ2) is 5.52. The quantitative estimate of drug-likeness (QED) is 0.889. The number of rotatable bonds is 3. The summed E-state index contributed by atoms with van der Waals surface area (Å²) >= 11 is 0. The summed E-state index contributed by atoms with van der Waals surface area (Å²) in [6, 6.07) is 5.13. The Hall–Kier alpha value is -2.55. The molecule has 2 heterocycles. The number of carbonyl (C=O) groups is 1. The summed E-state index contributed by atoms with van der Waals surface area (Å²) < 4.78 is 30.6. The first kappa shape index (κ1) is 16.3. The predicted octanol–water partition coefficient (Wildman–Crippen LogP) is 1.03. The van der Waals surface area contributed by atoms with Crippen molar-refractivity contribution in [2.45, 2.75) is 11.2 Å². The van der Waals surface area contributed by atoms with Crippen LogP contribution in [0.1, 0.15) is 22.1 Å². The maximum Gasteiger partial charge on any atom is 0.257 e. The van der Waals surface area contributed by atoms with E-state index < -0.39 is 16.0 Å². The van der Waals surface area contributed by atoms with Crippen molar-refractivity contribution in [3.8, 4) is 5.75 Å². The summed E-state index contributed by atoms with van der Waals surface area (Å²) in [5, 5.41) is 7.32. The van der Waals surface area contributed by atoms with Crippen molar-refractivity contribution < 1.29 is 17.9 Å². The molecule has 2 aromatic rings. The second-order valence-electron chi connectivity index (χ2n) is 5.68. The lowest BCUT2D eigenvalue weighted by Crippen LogP contribution is -2.40. The molecule has 1 aromatic carbocycles. The van der Waals surface area contributed by atoms with Crippen LogP contribution in [-0.4, -0.2) is 49.4 Å². The van der Waals surface area contributed by atoms with Crippen molar-refractivity contribution in [3.63, 3.8) is 0 Å². The van der Waals surface area contributed by atoms with Crippen LogP contribution in [0, 0.1) is 0 Å². The van der Waals surface area contributed by atoms with Gasteiger partial charge < -0.3 is 15.0 Å². The highest BCUT2D eigenvalue weighted by atomic mass is 32.2. The number of aryl methyl sites for hydroxylation is 1. The normalized spacial score (nSPS) is 17.4. The monoisotopic (exact) mass is 350 g/mol. The molecular weight excluding hydrogens is 332 g/mol. The summed E-state index contributed by atoms with van der Waals surface area (Å²) in [5.74, 6) is 0.352. The molecule has 0 saturated carbocycles. The molecule has 1 N–H and O–H groups in total. The van der Waals surface area contributed by atoms with Crippen molar-refractivity contribution in [2.75, 3.05) is 25.7 Å². The molecule has 0 bridgehead atoms. The Morgan fingerprint density at radius 3 is 2.62 bits per heavy atom. The Labute approximate surface area is 139 Å². The Balaban J connectivity index is 2.11. The molecule has 128 valence electrons. The van der Waals surface area contributed by atoms with E-state index in [2.05, 4.69) is 10.4 Å². The molecule has 1 amide bonds. The van der Waals surface area contributed by atoms with Gasteiger partial charge in [0, 0.05) is 26.0 Å². The Morgan fingerprint density at radius 2 is 2.00 bits per heavy atom. The number of ether oxygens (including phenoxy) is 1. The standard InChI is InChI=1S/C15H18N4O4S/c1-18-13(11-8-16-19(2)15(11)24(4,21)22)17-12-6-5-9(23-3)7-10(12)14(18)20/h5-8,13,17H,1-4H3. The largest absolute Gasteiger partial charge is 0.497 e. The van der Waals surface area contributed by atoms with E-state index in [0.717, 1.165) is 6.26 Å². The van der Waals surface area contributed by atoms with Gasteiger partial charge in [-0.2, -0.15) is 5.10 Å². The number of benzene rings is 1. The summed E-state index contributed by atoms with van der Waals surface area (Å²) in [6.45, 7) is 0. The molecule has 0 saturated heterocycles. The van der Waals surface area contributed by atoms with E-state index in [4.69, 9.17) is 4.74 Å². The molecule has 0 fully saturated rings. The third-order valence-corrected chi connectivity index (χ3v) is 5.22. The molecular formula is C15H18N4O4S. The molecule has 9 heteroatoms. The second-order valence-corrected chi connectivity index (χ2v) is 7.61. The van der Waals surface area contributed by atoms with E-state index in [-0.39, 0.29) is 10.9 Å². The molecule has 1 atom stereocenters. The number of carbonyl (C=O) groups excluding carboxylic acids is 1. The Bertz CT molecular complexity index is 920. The average Bonchev–Trinajstić information content (AvgIpc) is 2.92. The molecule has 1 aromatic heterocycles. The maximum absolute atomic E-state index is 12.7. The first-order valence-electron chi connectivity index (χ1n) is 7.17. The van der Waals surface area contributed by atoms with Crippen LogP contribution < -0.4 is 10.1 Å². The average molecular weight is 350 g/mol. The molecule has 0 radical (unpaired) electrons. The lowest BCUT2D eigenvalue weighted by molar-refractivity contribution is 0.0733. The maximum atomic E-state index is 12.7. The van der Waals surface area contributed by atoms with Gasteiger partial charge in [-0.3, -0.25) is 9.48 Å². The van der Waals surface area contributed by atoms with E-state index in [1.54, 1.807) is 32.3 Å². The van der Waals surface area contributed by atoms with Gasteiger partial charge in [0.2, 0.25) is 0 Å². The van der Waals surface area contributed by atoms with Crippen LogP contribution in [0.25, 0.3) is 0 Å². The van der Waals surface area contributed by atoms with Gasteiger partial charge in [-0.1, -0.05) is 0 Å². The van der Waals surface area contributed by atoms with E-state index >= 15 is 0 Å². The number of anilines is 1. The number of aromatic nitrogens is 2. The molecule has 24 heavy (non-hydrogen) atoms. The van der Waals surface area contributed by atoms with Crippen LogP contribution >= 0.6 is 0 Å². The van der Waals surface area contributed by atoms with E-state index in [0.29, 0.717) is 22.6 Å². The highest BCUT2D eigenvalue weighted by molar-refractivity contribution is 7.90. The molecule has 8 nitrogen and oxygen atoms in total. The SMILES string of the molecule is COc1ccc2c(c1)C(=O)N(C)C(c1cnn(C)c1S(C)(=O)=O)N2. The van der Waals surface area contributed by atoms with Crippen molar-refractivity contribution in [1.82, 2.24) is 14.7 Å². The predicted molar refractivity (Wildman–Crippen MR) is 87.8 cm³/mol. The molecule has 0 spiro atoms. The molecule has 1 unspecified atom stereocenters. The number of hydrogen-bond acceptors (Lipinski definition) is 6. The zero-order valence-corrected chi connectivity index (χ0v) is 14.6. The van der Waals surface area contributed by atoms with Gasteiger partial charge in [-0.05, 0) is 18.2 Å². The summed E-state index contributed by atoms with van der Waals surface area (Å²) in [5.41, 5.74) is 1.52. The lowest BCUT2D eigenvalue weighted by Gasteiger charge is -2.35. The van der Waals surface area contributed by atoms with Crippen molar-refractivity contribution in [2.24, 2.45) is 7.05 Å². The van der Waals surface area contributed by atoms with Crippen molar-refractivity contribution in [3.05, 3.63) is 35.5 Å². The Kier molecular flexibility index (Phi) is 3.75. The fourth-order valence-electron chi connectivity index (χ4n) is 2.88. The fraction of sp³-hybridized carbons (Fsp3) is 0.333. The zero-order valence-electron chi connectivity index (χ0n) is 13.8. The van der Waals surface area contributed by atoms with Gasteiger partial charge in [-0.15, -0.1) is 0 Å². The number of amides is 1. The van der Waals surface area contributed by atoms with Crippen LogP contribution in [0.2, 0.25) is 0 Å². The zero-order chi connectivity index (χ0) is 17.6. The highest BCUT2D eigenvalue weighted by Gasteiger charge is 2.35. The highest BCUT2D eigenvalue weighted by Crippen LogP contribution is 2.35. The first-order valence-corrected chi connectivity index (χ1v) is 9.07. The van der Waals surface area contributed by atoms with Crippen molar-refractivity contribution >= 4 is 21.4 Å². The van der Waals surface area contributed by atoms with Gasteiger partial charge in [0.1, 0.15) is 11.9 Å². The number of nitrogens with zero attached hydrogens (tertiary/aromatic N) is 3.